The minimum atomic E-state index is -0.631. The van der Waals surface area contributed by atoms with Gasteiger partial charge in [0.15, 0.2) is 0 Å². The summed E-state index contributed by atoms with van der Waals surface area (Å²) in [6.07, 6.45) is 0.835. The number of aromatic nitrogens is 1. The molecule has 0 N–H and O–H groups in total. The SMILES string of the molecule is Cc1ccc([N+](=O)[O-])c(=O)n1CCC(C)C. The van der Waals surface area contributed by atoms with E-state index in [4.69, 9.17) is 0 Å². The highest BCUT2D eigenvalue weighted by Crippen LogP contribution is 2.08. The normalized spacial score (nSPS) is 10.8. The van der Waals surface area contributed by atoms with Crippen molar-refractivity contribution >= 4 is 5.69 Å². The Morgan fingerprint density at radius 1 is 1.44 bits per heavy atom. The predicted octanol–water partition coefficient (Wildman–Crippen LogP) is 2.11. The van der Waals surface area contributed by atoms with E-state index in [0.29, 0.717) is 12.5 Å². The molecule has 0 saturated carbocycles. The maximum Gasteiger partial charge on any atom is 0.334 e. The Morgan fingerprint density at radius 2 is 2.06 bits per heavy atom. The molecule has 88 valence electrons. The first-order valence-corrected chi connectivity index (χ1v) is 5.28. The Labute approximate surface area is 93.9 Å². The van der Waals surface area contributed by atoms with Crippen LogP contribution in [0.5, 0.6) is 0 Å². The van der Waals surface area contributed by atoms with Crippen LogP contribution in [0.25, 0.3) is 0 Å². The largest absolute Gasteiger partial charge is 0.334 e. The standard InChI is InChI=1S/C11H16N2O3/c1-8(2)6-7-12-9(3)4-5-10(11(12)14)13(15)16/h4-5,8H,6-7H2,1-3H3. The Kier molecular flexibility index (Phi) is 3.82. The third-order valence-electron chi connectivity index (χ3n) is 2.50. The lowest BCUT2D eigenvalue weighted by atomic mass is 10.1. The molecule has 0 fully saturated rings. The van der Waals surface area contributed by atoms with Gasteiger partial charge in [-0.05, 0) is 25.3 Å². The van der Waals surface area contributed by atoms with Crippen molar-refractivity contribution in [2.45, 2.75) is 33.7 Å². The van der Waals surface area contributed by atoms with Crippen LogP contribution < -0.4 is 5.56 Å². The van der Waals surface area contributed by atoms with Crippen molar-refractivity contribution in [2.24, 2.45) is 5.92 Å². The summed E-state index contributed by atoms with van der Waals surface area (Å²) in [6.45, 7) is 6.42. The molecule has 0 amide bonds. The van der Waals surface area contributed by atoms with Gasteiger partial charge in [0.1, 0.15) is 0 Å². The molecule has 1 aromatic heterocycles. The van der Waals surface area contributed by atoms with Crippen molar-refractivity contribution in [3.8, 4) is 0 Å². The number of rotatable bonds is 4. The second-order valence-electron chi connectivity index (χ2n) is 4.26. The first-order valence-electron chi connectivity index (χ1n) is 5.28. The molecule has 0 atom stereocenters. The molecule has 0 saturated heterocycles. The fourth-order valence-electron chi connectivity index (χ4n) is 1.46. The summed E-state index contributed by atoms with van der Waals surface area (Å²) in [6, 6.07) is 2.88. The van der Waals surface area contributed by atoms with E-state index in [1.54, 1.807) is 13.0 Å². The van der Waals surface area contributed by atoms with Gasteiger partial charge in [-0.3, -0.25) is 14.9 Å². The molecule has 0 unspecified atom stereocenters. The molecule has 0 bridgehead atoms. The smallest absolute Gasteiger partial charge is 0.307 e. The lowest BCUT2D eigenvalue weighted by molar-refractivity contribution is -0.386. The van der Waals surface area contributed by atoms with E-state index in [0.717, 1.165) is 12.1 Å². The third kappa shape index (κ3) is 2.68. The van der Waals surface area contributed by atoms with Crippen LogP contribution in [0.2, 0.25) is 0 Å². The summed E-state index contributed by atoms with van der Waals surface area (Å²) in [7, 11) is 0. The Balaban J connectivity index is 3.12. The quantitative estimate of drug-likeness (QED) is 0.581. The average molecular weight is 224 g/mol. The Hall–Kier alpha value is -1.65. The first-order chi connectivity index (χ1) is 7.43. The minimum absolute atomic E-state index is 0.352. The van der Waals surface area contributed by atoms with Gasteiger partial charge in [-0.15, -0.1) is 0 Å². The van der Waals surface area contributed by atoms with Gasteiger partial charge < -0.3 is 4.57 Å². The number of aryl methyl sites for hydroxylation is 1. The summed E-state index contributed by atoms with van der Waals surface area (Å²) in [4.78, 5) is 21.7. The van der Waals surface area contributed by atoms with Crippen molar-refractivity contribution < 1.29 is 4.92 Å². The fourth-order valence-corrected chi connectivity index (χ4v) is 1.46. The molecule has 5 heteroatoms. The topological polar surface area (TPSA) is 65.1 Å². The number of hydrogen-bond acceptors (Lipinski definition) is 3. The van der Waals surface area contributed by atoms with Crippen LogP contribution in [-0.4, -0.2) is 9.49 Å². The molecule has 0 aliphatic rings. The predicted molar refractivity (Wildman–Crippen MR) is 61.5 cm³/mol. The molecule has 0 aliphatic heterocycles. The van der Waals surface area contributed by atoms with Crippen LogP contribution in [0.15, 0.2) is 16.9 Å². The second-order valence-corrected chi connectivity index (χ2v) is 4.26. The molecular formula is C11H16N2O3. The van der Waals surface area contributed by atoms with Crippen molar-refractivity contribution in [3.05, 3.63) is 38.3 Å². The van der Waals surface area contributed by atoms with Crippen LogP contribution in [0.4, 0.5) is 5.69 Å². The number of nitro groups is 1. The number of hydrogen-bond donors (Lipinski definition) is 0. The maximum atomic E-state index is 11.8. The van der Waals surface area contributed by atoms with Crippen LogP contribution in [0.3, 0.4) is 0 Å². The van der Waals surface area contributed by atoms with Crippen LogP contribution >= 0.6 is 0 Å². The van der Waals surface area contributed by atoms with Gasteiger partial charge in [0.2, 0.25) is 0 Å². The summed E-state index contributed by atoms with van der Waals surface area (Å²) in [5.41, 5.74) is -0.101. The van der Waals surface area contributed by atoms with Gasteiger partial charge in [0.25, 0.3) is 0 Å². The highest BCUT2D eigenvalue weighted by molar-refractivity contribution is 5.27. The zero-order valence-electron chi connectivity index (χ0n) is 9.77. The van der Waals surface area contributed by atoms with Crippen molar-refractivity contribution in [3.63, 3.8) is 0 Å². The summed E-state index contributed by atoms with van der Waals surface area (Å²) in [5, 5.41) is 10.6. The molecule has 1 heterocycles. The minimum Gasteiger partial charge on any atom is -0.307 e. The lowest BCUT2D eigenvalue weighted by Crippen LogP contribution is -2.24. The van der Waals surface area contributed by atoms with Crippen LogP contribution in [-0.2, 0) is 6.54 Å². The second kappa shape index (κ2) is 4.92. The number of pyridine rings is 1. The first kappa shape index (κ1) is 12.4. The van der Waals surface area contributed by atoms with Crippen molar-refractivity contribution in [1.29, 1.82) is 0 Å². The van der Waals surface area contributed by atoms with Gasteiger partial charge in [-0.1, -0.05) is 13.8 Å². The lowest BCUT2D eigenvalue weighted by Gasteiger charge is -2.10. The van der Waals surface area contributed by atoms with Gasteiger partial charge in [0, 0.05) is 18.3 Å². The van der Waals surface area contributed by atoms with E-state index in [9.17, 15) is 14.9 Å². The molecule has 1 aromatic rings. The molecule has 5 nitrogen and oxygen atoms in total. The average Bonchev–Trinajstić information content (AvgIpc) is 2.16. The van der Waals surface area contributed by atoms with Crippen LogP contribution in [0.1, 0.15) is 26.0 Å². The zero-order valence-corrected chi connectivity index (χ0v) is 9.77. The van der Waals surface area contributed by atoms with Crippen LogP contribution in [0, 0.1) is 23.0 Å². The molecule has 0 aromatic carbocycles. The van der Waals surface area contributed by atoms with Gasteiger partial charge in [-0.2, -0.15) is 0 Å². The van der Waals surface area contributed by atoms with Gasteiger partial charge >= 0.3 is 11.2 Å². The Bertz CT molecular complexity index is 449. The zero-order chi connectivity index (χ0) is 12.3. The van der Waals surface area contributed by atoms with Crippen molar-refractivity contribution in [1.82, 2.24) is 4.57 Å². The van der Waals surface area contributed by atoms with E-state index in [1.165, 1.54) is 10.6 Å². The molecule has 16 heavy (non-hydrogen) atoms. The highest BCUT2D eigenvalue weighted by Gasteiger charge is 2.15. The van der Waals surface area contributed by atoms with E-state index in [-0.39, 0.29) is 5.69 Å². The van der Waals surface area contributed by atoms with E-state index in [2.05, 4.69) is 13.8 Å². The monoisotopic (exact) mass is 224 g/mol. The van der Waals surface area contributed by atoms with E-state index >= 15 is 0 Å². The van der Waals surface area contributed by atoms with Gasteiger partial charge in [-0.25, -0.2) is 0 Å². The molecule has 0 spiro atoms. The summed E-state index contributed by atoms with van der Waals surface area (Å²) in [5.74, 6) is 0.463. The highest BCUT2D eigenvalue weighted by atomic mass is 16.6. The maximum absolute atomic E-state index is 11.8. The third-order valence-corrected chi connectivity index (χ3v) is 2.50. The van der Waals surface area contributed by atoms with Crippen molar-refractivity contribution in [2.75, 3.05) is 0 Å². The fraction of sp³-hybridized carbons (Fsp3) is 0.545. The van der Waals surface area contributed by atoms with E-state index < -0.39 is 10.5 Å². The summed E-state index contributed by atoms with van der Waals surface area (Å²) < 4.78 is 1.47. The summed E-state index contributed by atoms with van der Waals surface area (Å²) >= 11 is 0. The Morgan fingerprint density at radius 3 is 2.56 bits per heavy atom. The number of nitrogens with zero attached hydrogens (tertiary/aromatic N) is 2. The van der Waals surface area contributed by atoms with Gasteiger partial charge in [0.05, 0.1) is 4.92 Å². The molecular weight excluding hydrogens is 208 g/mol. The molecule has 0 aliphatic carbocycles. The van der Waals surface area contributed by atoms with E-state index in [1.807, 2.05) is 0 Å². The molecule has 0 radical (unpaired) electrons. The molecule has 1 rings (SSSR count).